The molecule has 29 heavy (non-hydrogen) atoms. The predicted molar refractivity (Wildman–Crippen MR) is 114 cm³/mol. The van der Waals surface area contributed by atoms with Gasteiger partial charge in [-0.25, -0.2) is 4.98 Å². The molecule has 1 aliphatic heterocycles. The average molecular weight is 452 g/mol. The number of H-pyrrole nitrogens is 1. The molecule has 0 saturated carbocycles. The number of benzene rings is 2. The molecule has 7 nitrogen and oxygen atoms in total. The molecule has 3 heterocycles. The molecule has 0 saturated heterocycles. The maximum Gasteiger partial charge on any atom is 0.231 e. The molecule has 2 N–H and O–H groups in total. The molecule has 8 heteroatoms. The largest absolute Gasteiger partial charge is 0.496 e. The molecule has 2 aromatic heterocycles. The molecule has 5 rings (SSSR count). The number of carbonyl (C=O) groups excluding carboxylic acids is 1. The molecule has 0 fully saturated rings. The van der Waals surface area contributed by atoms with Crippen LogP contribution >= 0.6 is 15.9 Å². The molecule has 1 atom stereocenters. The summed E-state index contributed by atoms with van der Waals surface area (Å²) in [5.41, 5.74) is 4.66. The number of nitrogens with one attached hydrogen (secondary N) is 2. The van der Waals surface area contributed by atoms with Crippen molar-refractivity contribution in [2.24, 2.45) is 0 Å². The number of imidazole rings is 1. The van der Waals surface area contributed by atoms with E-state index >= 15 is 0 Å². The lowest BCUT2D eigenvalue weighted by Gasteiger charge is -2.24. The summed E-state index contributed by atoms with van der Waals surface area (Å²) < 4.78 is 7.88. The van der Waals surface area contributed by atoms with Gasteiger partial charge in [-0.2, -0.15) is 9.78 Å². The number of amides is 1. The average Bonchev–Trinajstić information content (AvgIpc) is 3.28. The lowest BCUT2D eigenvalue weighted by atomic mass is 9.86. The first kappa shape index (κ1) is 17.9. The molecular weight excluding hydrogens is 434 g/mol. The topological polar surface area (TPSA) is 84.8 Å². The van der Waals surface area contributed by atoms with Gasteiger partial charge in [-0.1, -0.05) is 18.2 Å². The quantitative estimate of drug-likeness (QED) is 0.486. The number of methoxy groups -OCH3 is 1. The number of fused-ring (bicyclic) bond motifs is 2. The van der Waals surface area contributed by atoms with Crippen molar-refractivity contribution < 1.29 is 9.53 Å². The third kappa shape index (κ3) is 2.91. The molecule has 1 amide bonds. The Labute approximate surface area is 175 Å². The van der Waals surface area contributed by atoms with Crippen molar-refractivity contribution >= 4 is 38.7 Å². The normalized spacial score (nSPS) is 16.0. The number of nitrogens with zero attached hydrogens (tertiary/aromatic N) is 3. The Bertz CT molecular complexity index is 1230. The minimum atomic E-state index is -0.0981. The van der Waals surface area contributed by atoms with Crippen molar-refractivity contribution in [3.05, 3.63) is 63.8 Å². The highest BCUT2D eigenvalue weighted by Crippen LogP contribution is 2.41. The van der Waals surface area contributed by atoms with Gasteiger partial charge in [0.25, 0.3) is 0 Å². The predicted octanol–water partition coefficient (Wildman–Crippen LogP) is 4.30. The third-order valence-corrected chi connectivity index (χ3v) is 5.88. The molecule has 1 aliphatic rings. The van der Waals surface area contributed by atoms with Crippen LogP contribution in [-0.2, 0) is 4.79 Å². The van der Waals surface area contributed by atoms with Crippen molar-refractivity contribution in [3.63, 3.8) is 0 Å². The van der Waals surface area contributed by atoms with Crippen LogP contribution in [0.2, 0.25) is 0 Å². The molecule has 2 aromatic carbocycles. The van der Waals surface area contributed by atoms with Gasteiger partial charge < -0.3 is 15.0 Å². The maximum atomic E-state index is 12.6. The fourth-order valence-electron chi connectivity index (χ4n) is 3.92. The van der Waals surface area contributed by atoms with Crippen LogP contribution in [0, 0.1) is 6.92 Å². The summed E-state index contributed by atoms with van der Waals surface area (Å²) >= 11 is 3.55. The first-order valence-electron chi connectivity index (χ1n) is 9.23. The smallest absolute Gasteiger partial charge is 0.231 e. The summed E-state index contributed by atoms with van der Waals surface area (Å²) in [4.78, 5) is 20.5. The lowest BCUT2D eigenvalue weighted by Crippen LogP contribution is -2.25. The van der Waals surface area contributed by atoms with Crippen LogP contribution in [0.3, 0.4) is 0 Å². The number of hydrogen-bond acceptors (Lipinski definition) is 4. The van der Waals surface area contributed by atoms with E-state index in [1.165, 1.54) is 0 Å². The summed E-state index contributed by atoms with van der Waals surface area (Å²) in [7, 11) is 1.63. The number of aryl methyl sites for hydroxylation is 1. The van der Waals surface area contributed by atoms with Crippen LogP contribution in [-0.4, -0.2) is 32.8 Å². The summed E-state index contributed by atoms with van der Waals surface area (Å²) in [6.07, 6.45) is 0.360. The third-order valence-electron chi connectivity index (χ3n) is 5.26. The van der Waals surface area contributed by atoms with Gasteiger partial charge in [0.05, 0.1) is 28.3 Å². The van der Waals surface area contributed by atoms with Crippen molar-refractivity contribution in [1.82, 2.24) is 19.7 Å². The van der Waals surface area contributed by atoms with E-state index in [4.69, 9.17) is 9.84 Å². The van der Waals surface area contributed by atoms with Crippen molar-refractivity contribution in [1.29, 1.82) is 0 Å². The number of ether oxygens (including phenoxy) is 1. The standard InChI is InChI=1S/C21H18BrN5O2/c1-11-19-13(12-7-8-17(29-2)14(22)9-12)10-18(28)25-20(19)27(26-11)21-23-15-5-3-4-6-16(15)24-21/h3-9,13H,10H2,1-2H3,(H,23,24)(H,25,28). The Morgan fingerprint density at radius 2 is 2.07 bits per heavy atom. The number of rotatable bonds is 3. The Kier molecular flexibility index (Phi) is 4.16. The Morgan fingerprint density at radius 3 is 2.83 bits per heavy atom. The summed E-state index contributed by atoms with van der Waals surface area (Å²) in [6.45, 7) is 1.96. The number of hydrogen-bond donors (Lipinski definition) is 2. The Hall–Kier alpha value is -3.13. The van der Waals surface area contributed by atoms with Gasteiger partial charge in [-0.05, 0) is 52.7 Å². The van der Waals surface area contributed by atoms with E-state index in [-0.39, 0.29) is 11.8 Å². The van der Waals surface area contributed by atoms with Gasteiger partial charge in [-0.15, -0.1) is 0 Å². The van der Waals surface area contributed by atoms with E-state index < -0.39 is 0 Å². The van der Waals surface area contributed by atoms with Crippen LogP contribution in [0.4, 0.5) is 5.82 Å². The first-order valence-corrected chi connectivity index (χ1v) is 10.0. The van der Waals surface area contributed by atoms with E-state index in [0.29, 0.717) is 18.2 Å². The molecule has 1 unspecified atom stereocenters. The van der Waals surface area contributed by atoms with Gasteiger partial charge >= 0.3 is 0 Å². The minimum Gasteiger partial charge on any atom is -0.496 e. The van der Waals surface area contributed by atoms with Crippen molar-refractivity contribution in [2.75, 3.05) is 12.4 Å². The SMILES string of the molecule is COc1ccc(C2CC(=O)Nc3c2c(C)nn3-c2nc3ccccc3[nH]2)cc1Br. The van der Waals surface area contributed by atoms with E-state index in [9.17, 15) is 4.79 Å². The number of para-hydroxylation sites is 2. The van der Waals surface area contributed by atoms with Gasteiger partial charge in [0.2, 0.25) is 11.9 Å². The zero-order chi connectivity index (χ0) is 20.1. The maximum absolute atomic E-state index is 12.6. The Morgan fingerprint density at radius 1 is 1.24 bits per heavy atom. The molecular formula is C21H18BrN5O2. The zero-order valence-corrected chi connectivity index (χ0v) is 17.4. The summed E-state index contributed by atoms with van der Waals surface area (Å²) in [6, 6.07) is 13.7. The van der Waals surface area contributed by atoms with Crippen LogP contribution in [0.1, 0.15) is 29.2 Å². The second-order valence-corrected chi connectivity index (χ2v) is 7.89. The van der Waals surface area contributed by atoms with Crippen LogP contribution < -0.4 is 10.1 Å². The fourth-order valence-corrected chi connectivity index (χ4v) is 4.48. The van der Waals surface area contributed by atoms with E-state index in [1.54, 1.807) is 11.8 Å². The summed E-state index contributed by atoms with van der Waals surface area (Å²) in [5, 5.41) is 7.69. The molecule has 0 aliphatic carbocycles. The van der Waals surface area contributed by atoms with E-state index in [2.05, 4.69) is 31.2 Å². The lowest BCUT2D eigenvalue weighted by molar-refractivity contribution is -0.116. The molecule has 0 radical (unpaired) electrons. The van der Waals surface area contributed by atoms with E-state index in [1.807, 2.05) is 49.4 Å². The number of aromatic amines is 1. The number of anilines is 1. The second-order valence-electron chi connectivity index (χ2n) is 7.04. The minimum absolute atomic E-state index is 0.0494. The van der Waals surface area contributed by atoms with Crippen LogP contribution in [0.5, 0.6) is 5.75 Å². The molecule has 0 bridgehead atoms. The highest BCUT2D eigenvalue weighted by molar-refractivity contribution is 9.10. The summed E-state index contributed by atoms with van der Waals surface area (Å²) in [5.74, 6) is 1.84. The molecule has 0 spiro atoms. The second kappa shape index (κ2) is 6.73. The van der Waals surface area contributed by atoms with Gasteiger partial charge in [0, 0.05) is 17.9 Å². The highest BCUT2D eigenvalue weighted by atomic mass is 79.9. The molecule has 4 aromatic rings. The molecule has 146 valence electrons. The van der Waals surface area contributed by atoms with Gasteiger partial charge in [0.15, 0.2) is 0 Å². The zero-order valence-electron chi connectivity index (χ0n) is 15.9. The van der Waals surface area contributed by atoms with Crippen LogP contribution in [0.15, 0.2) is 46.9 Å². The monoisotopic (exact) mass is 451 g/mol. The van der Waals surface area contributed by atoms with Crippen LogP contribution in [0.25, 0.3) is 17.0 Å². The van der Waals surface area contributed by atoms with Gasteiger partial charge in [-0.3, -0.25) is 4.79 Å². The Balaban J connectivity index is 1.65. The number of aromatic nitrogens is 4. The van der Waals surface area contributed by atoms with E-state index in [0.717, 1.165) is 38.1 Å². The highest BCUT2D eigenvalue weighted by Gasteiger charge is 2.33. The fraction of sp³-hybridized carbons (Fsp3) is 0.190. The number of halogens is 1. The van der Waals surface area contributed by atoms with Crippen molar-refractivity contribution in [3.8, 4) is 11.7 Å². The number of carbonyl (C=O) groups is 1. The van der Waals surface area contributed by atoms with Crippen molar-refractivity contribution in [2.45, 2.75) is 19.3 Å². The van der Waals surface area contributed by atoms with Gasteiger partial charge in [0.1, 0.15) is 11.6 Å². The first-order chi connectivity index (χ1) is 14.0.